The molecule has 0 heterocycles. The number of allylic oxidation sites excluding steroid dienone is 4. The summed E-state index contributed by atoms with van der Waals surface area (Å²) in [4.78, 5) is 0. The van der Waals surface area contributed by atoms with Gasteiger partial charge >= 0.3 is 0 Å². The van der Waals surface area contributed by atoms with Gasteiger partial charge < -0.3 is 5.73 Å². The molecule has 0 radical (unpaired) electrons. The Balaban J connectivity index is 3.68. The first-order valence-electron chi connectivity index (χ1n) is 2.66. The molecule has 0 aromatic rings. The Bertz CT molecular complexity index is 136. The predicted octanol–water partition coefficient (Wildman–Crippen LogP) is 2.01. The van der Waals surface area contributed by atoms with Crippen LogP contribution >= 0.6 is 22.6 Å². The molecule has 0 fully saturated rings. The van der Waals surface area contributed by atoms with Crippen molar-refractivity contribution in [2.24, 2.45) is 5.73 Å². The van der Waals surface area contributed by atoms with E-state index in [1.165, 1.54) is 0 Å². The van der Waals surface area contributed by atoms with E-state index in [-0.39, 0.29) is 0 Å². The van der Waals surface area contributed by atoms with Gasteiger partial charge in [0.1, 0.15) is 0 Å². The zero-order valence-electron chi connectivity index (χ0n) is 5.18. The Morgan fingerprint density at radius 2 is 2.33 bits per heavy atom. The van der Waals surface area contributed by atoms with Crippen molar-refractivity contribution in [3.8, 4) is 0 Å². The number of rotatable bonds is 3. The van der Waals surface area contributed by atoms with E-state index >= 15 is 0 Å². The standard InChI is InChI=1S/C7H10IN/c1-2-7(8)5-3-4-6-9/h2-5H,1,6,9H2/b4-3+,7-5+. The summed E-state index contributed by atoms with van der Waals surface area (Å²) in [6, 6.07) is 0. The fraction of sp³-hybridized carbons (Fsp3) is 0.143. The maximum Gasteiger partial charge on any atom is 0.0124 e. The molecule has 2 heteroatoms. The van der Waals surface area contributed by atoms with E-state index in [9.17, 15) is 0 Å². The van der Waals surface area contributed by atoms with Crippen LogP contribution in [-0.2, 0) is 0 Å². The van der Waals surface area contributed by atoms with Gasteiger partial charge in [-0.1, -0.05) is 24.8 Å². The van der Waals surface area contributed by atoms with E-state index in [0.717, 1.165) is 3.58 Å². The second-order valence-electron chi connectivity index (χ2n) is 1.42. The van der Waals surface area contributed by atoms with Crippen molar-refractivity contribution >= 4 is 22.6 Å². The number of nitrogens with two attached hydrogens (primary N) is 1. The van der Waals surface area contributed by atoms with Gasteiger partial charge in [-0.15, -0.1) is 0 Å². The first-order chi connectivity index (χ1) is 4.31. The summed E-state index contributed by atoms with van der Waals surface area (Å²) in [7, 11) is 0. The van der Waals surface area contributed by atoms with E-state index in [1.807, 2.05) is 18.2 Å². The van der Waals surface area contributed by atoms with Gasteiger partial charge in [-0.2, -0.15) is 0 Å². The molecule has 50 valence electrons. The third kappa shape index (κ3) is 5.79. The maximum absolute atomic E-state index is 5.21. The van der Waals surface area contributed by atoms with Gasteiger partial charge in [-0.25, -0.2) is 0 Å². The smallest absolute Gasteiger partial charge is 0.0124 e. The van der Waals surface area contributed by atoms with Crippen molar-refractivity contribution in [2.45, 2.75) is 0 Å². The van der Waals surface area contributed by atoms with Crippen LogP contribution in [0.1, 0.15) is 0 Å². The molecule has 0 saturated carbocycles. The van der Waals surface area contributed by atoms with Gasteiger partial charge in [0.2, 0.25) is 0 Å². The van der Waals surface area contributed by atoms with Crippen molar-refractivity contribution in [3.63, 3.8) is 0 Å². The van der Waals surface area contributed by atoms with Crippen LogP contribution in [0.5, 0.6) is 0 Å². The largest absolute Gasteiger partial charge is 0.327 e. The fourth-order valence-electron chi connectivity index (χ4n) is 0.307. The summed E-state index contributed by atoms with van der Waals surface area (Å²) in [5.74, 6) is 0. The second kappa shape index (κ2) is 6.04. The van der Waals surface area contributed by atoms with Crippen molar-refractivity contribution in [1.29, 1.82) is 0 Å². The number of hydrogen-bond donors (Lipinski definition) is 1. The molecule has 0 aromatic heterocycles. The summed E-state index contributed by atoms with van der Waals surface area (Å²) in [5.41, 5.74) is 5.21. The lowest BCUT2D eigenvalue weighted by Gasteiger charge is -1.80. The first-order valence-corrected chi connectivity index (χ1v) is 3.74. The zero-order valence-corrected chi connectivity index (χ0v) is 7.34. The van der Waals surface area contributed by atoms with Crippen LogP contribution in [0.3, 0.4) is 0 Å². The Hall–Kier alpha value is -0.0900. The van der Waals surface area contributed by atoms with E-state index in [2.05, 4.69) is 29.2 Å². The lowest BCUT2D eigenvalue weighted by atomic mass is 10.4. The molecule has 0 aliphatic heterocycles. The molecule has 0 bridgehead atoms. The van der Waals surface area contributed by atoms with Crippen LogP contribution in [0.15, 0.2) is 34.5 Å². The van der Waals surface area contributed by atoms with Gasteiger partial charge in [0, 0.05) is 10.1 Å². The van der Waals surface area contributed by atoms with Crippen molar-refractivity contribution in [3.05, 3.63) is 34.5 Å². The topological polar surface area (TPSA) is 26.0 Å². The van der Waals surface area contributed by atoms with Crippen LogP contribution in [0, 0.1) is 0 Å². The fourth-order valence-corrected chi connectivity index (χ4v) is 0.514. The Morgan fingerprint density at radius 1 is 1.67 bits per heavy atom. The van der Waals surface area contributed by atoms with E-state index in [1.54, 1.807) is 6.08 Å². The van der Waals surface area contributed by atoms with Crippen molar-refractivity contribution in [2.75, 3.05) is 6.54 Å². The molecule has 0 unspecified atom stereocenters. The van der Waals surface area contributed by atoms with E-state index < -0.39 is 0 Å². The van der Waals surface area contributed by atoms with Crippen LogP contribution in [0.2, 0.25) is 0 Å². The maximum atomic E-state index is 5.21. The third-order valence-electron chi connectivity index (χ3n) is 0.723. The summed E-state index contributed by atoms with van der Waals surface area (Å²) >= 11 is 2.20. The van der Waals surface area contributed by atoms with Crippen molar-refractivity contribution < 1.29 is 0 Å². The summed E-state index contributed by atoms with van der Waals surface area (Å²) in [6.07, 6.45) is 7.56. The molecule has 0 aliphatic carbocycles. The minimum Gasteiger partial charge on any atom is -0.327 e. The third-order valence-corrected chi connectivity index (χ3v) is 1.52. The van der Waals surface area contributed by atoms with Gasteiger partial charge in [0.25, 0.3) is 0 Å². The normalized spacial score (nSPS) is 12.4. The summed E-state index contributed by atoms with van der Waals surface area (Å²) < 4.78 is 1.12. The highest BCUT2D eigenvalue weighted by Crippen LogP contribution is 2.05. The zero-order chi connectivity index (χ0) is 7.11. The van der Waals surface area contributed by atoms with Crippen LogP contribution in [-0.4, -0.2) is 6.54 Å². The minimum absolute atomic E-state index is 0.595. The molecule has 0 atom stereocenters. The number of halogens is 1. The molecular weight excluding hydrogens is 225 g/mol. The number of hydrogen-bond acceptors (Lipinski definition) is 1. The van der Waals surface area contributed by atoms with Crippen LogP contribution in [0.4, 0.5) is 0 Å². The highest BCUT2D eigenvalue weighted by atomic mass is 127. The molecule has 0 saturated heterocycles. The lowest BCUT2D eigenvalue weighted by molar-refractivity contribution is 1.25. The van der Waals surface area contributed by atoms with Gasteiger partial charge in [-0.3, -0.25) is 0 Å². The Labute approximate surface area is 69.5 Å². The molecule has 0 amide bonds. The molecule has 1 nitrogen and oxygen atoms in total. The Morgan fingerprint density at radius 3 is 2.78 bits per heavy atom. The average Bonchev–Trinajstić information content (AvgIpc) is 1.89. The van der Waals surface area contributed by atoms with Crippen LogP contribution < -0.4 is 5.73 Å². The van der Waals surface area contributed by atoms with Crippen LogP contribution in [0.25, 0.3) is 0 Å². The molecule has 9 heavy (non-hydrogen) atoms. The molecule has 0 spiro atoms. The molecular formula is C7H10IN. The van der Waals surface area contributed by atoms with Crippen molar-refractivity contribution in [1.82, 2.24) is 0 Å². The van der Waals surface area contributed by atoms with E-state index in [4.69, 9.17) is 5.73 Å². The molecule has 2 N–H and O–H groups in total. The quantitative estimate of drug-likeness (QED) is 0.587. The average molecular weight is 235 g/mol. The molecule has 0 rings (SSSR count). The Kier molecular flexibility index (Phi) is 5.98. The highest BCUT2D eigenvalue weighted by molar-refractivity contribution is 14.1. The monoisotopic (exact) mass is 235 g/mol. The minimum atomic E-state index is 0.595. The van der Waals surface area contributed by atoms with E-state index in [0.29, 0.717) is 6.54 Å². The SMILES string of the molecule is C=C/C(I)=C\C=C\CN. The van der Waals surface area contributed by atoms with Gasteiger partial charge in [0.15, 0.2) is 0 Å². The first kappa shape index (κ1) is 8.91. The van der Waals surface area contributed by atoms with Gasteiger partial charge in [0.05, 0.1) is 0 Å². The molecule has 0 aromatic carbocycles. The molecule has 0 aliphatic rings. The van der Waals surface area contributed by atoms with Gasteiger partial charge in [-0.05, 0) is 28.7 Å². The summed E-state index contributed by atoms with van der Waals surface area (Å²) in [5, 5.41) is 0. The lowest BCUT2D eigenvalue weighted by Crippen LogP contribution is -1.91. The predicted molar refractivity (Wildman–Crippen MR) is 50.5 cm³/mol. The highest BCUT2D eigenvalue weighted by Gasteiger charge is 1.74. The summed E-state index contributed by atoms with van der Waals surface area (Å²) in [6.45, 7) is 4.19. The second-order valence-corrected chi connectivity index (χ2v) is 2.67.